The molecule has 16 heteroatoms. The SMILES string of the molecule is [F][Al]([F])[F].[F][Al]([F])[F].[H-].[H-].[Na+].[Na+].[S]=[Zn].[S]=[Zn].[S]=[Zn]. The van der Waals surface area contributed by atoms with Gasteiger partial charge in [0.15, 0.2) is 0 Å². The zero-order valence-electron chi connectivity index (χ0n) is 10.8. The fourth-order valence-corrected chi connectivity index (χ4v) is 0. The number of rotatable bonds is 0. The third-order valence-electron chi connectivity index (χ3n) is 0. The van der Waals surface area contributed by atoms with Crippen LogP contribution < -0.4 is 59.1 Å². The summed E-state index contributed by atoms with van der Waals surface area (Å²) in [5.41, 5.74) is 0. The molecule has 0 aromatic rings. The van der Waals surface area contributed by atoms with Crippen LogP contribution in [0.4, 0.5) is 21.1 Å². The summed E-state index contributed by atoms with van der Waals surface area (Å²) in [5.74, 6) is 0. The fourth-order valence-electron chi connectivity index (χ4n) is 0. The Labute approximate surface area is 190 Å². The average Bonchev–Trinajstić information content (AvgIpc) is 2.12. The van der Waals surface area contributed by atoms with Crippen LogP contribution in [0.1, 0.15) is 2.85 Å². The van der Waals surface area contributed by atoms with Crippen LogP contribution in [0, 0.1) is 0 Å². The van der Waals surface area contributed by atoms with E-state index in [4.69, 9.17) is 0 Å². The Morgan fingerprint density at radius 2 is 0.562 bits per heavy atom. The van der Waals surface area contributed by atoms with Crippen LogP contribution in [0.2, 0.25) is 0 Å². The molecule has 0 atom stereocenters. The third-order valence-corrected chi connectivity index (χ3v) is 0. The van der Waals surface area contributed by atoms with E-state index in [1.807, 2.05) is 0 Å². The van der Waals surface area contributed by atoms with Crippen molar-refractivity contribution in [3.63, 3.8) is 0 Å². The Hall–Kier alpha value is 5.18. The topological polar surface area (TPSA) is 0 Å². The van der Waals surface area contributed by atoms with E-state index >= 15 is 0 Å². The van der Waals surface area contributed by atoms with Gasteiger partial charge in [0.2, 0.25) is 0 Å². The van der Waals surface area contributed by atoms with Crippen molar-refractivity contribution >= 4 is 61.4 Å². The van der Waals surface area contributed by atoms with Crippen molar-refractivity contribution in [1.29, 1.82) is 0 Å². The van der Waals surface area contributed by atoms with Gasteiger partial charge in [-0.2, -0.15) is 0 Å². The van der Waals surface area contributed by atoms with Crippen molar-refractivity contribution in [2.24, 2.45) is 0 Å². The molecule has 0 rings (SSSR count). The Morgan fingerprint density at radius 3 is 0.562 bits per heavy atom. The molecule has 0 aromatic carbocycles. The summed E-state index contributed by atoms with van der Waals surface area (Å²) >= 11 is -6.40. The van der Waals surface area contributed by atoms with Gasteiger partial charge in [-0.3, -0.25) is 0 Å². The van der Waals surface area contributed by atoms with Crippen LogP contribution in [0.25, 0.3) is 0 Å². The van der Waals surface area contributed by atoms with Gasteiger partial charge in [0.25, 0.3) is 0 Å². The molecule has 0 amide bonds. The second kappa shape index (κ2) is 59.4. The van der Waals surface area contributed by atoms with E-state index in [-0.39, 0.29) is 62.0 Å². The Morgan fingerprint density at radius 1 is 0.562 bits per heavy atom. The molecule has 16 heavy (non-hydrogen) atoms. The van der Waals surface area contributed by atoms with Crippen LogP contribution in [0.15, 0.2) is 0 Å². The molecular weight excluding hydrogens is 506 g/mol. The predicted octanol–water partition coefficient (Wildman–Crippen LogP) is -2.07. The van der Waals surface area contributed by atoms with Gasteiger partial charge in [0.05, 0.1) is 0 Å². The fraction of sp³-hybridized carbons (Fsp3) is 0. The first-order valence-corrected chi connectivity index (χ1v) is 17.4. The van der Waals surface area contributed by atoms with Crippen molar-refractivity contribution in [2.75, 3.05) is 0 Å². The summed E-state index contributed by atoms with van der Waals surface area (Å²) in [5, 5.41) is 0. The molecular formula is H2Al2F6Na2S3Zn3. The van der Waals surface area contributed by atoms with Gasteiger partial charge >= 0.3 is 170 Å². The second-order valence-corrected chi connectivity index (χ2v) is 1.48. The molecule has 0 fully saturated rings. The average molecular weight is 508 g/mol. The zero-order valence-corrected chi connectivity index (χ0v) is 26.4. The minimum atomic E-state index is -4.64. The number of halogens is 6. The van der Waals surface area contributed by atoms with E-state index in [1.54, 1.807) is 0 Å². The van der Waals surface area contributed by atoms with Crippen molar-refractivity contribution in [3.8, 4) is 0 Å². The first-order valence-electron chi connectivity index (χ1n) is 2.18. The second-order valence-electron chi connectivity index (χ2n) is 0.495. The third kappa shape index (κ3) is 237. The first-order chi connectivity index (χ1) is 6.46. The van der Waals surface area contributed by atoms with E-state index in [2.05, 4.69) is 30.3 Å². The van der Waals surface area contributed by atoms with Gasteiger partial charge < -0.3 is 24.0 Å². The van der Waals surface area contributed by atoms with Crippen molar-refractivity contribution in [3.05, 3.63) is 0 Å². The monoisotopic (exact) mass is 504 g/mol. The summed E-state index contributed by atoms with van der Waals surface area (Å²) in [6.07, 6.45) is 0. The van der Waals surface area contributed by atoms with Gasteiger partial charge in [-0.05, 0) is 0 Å². The molecule has 0 aliphatic rings. The predicted molar refractivity (Wildman–Crippen MR) is 43.2 cm³/mol. The molecule has 0 unspecified atom stereocenters. The van der Waals surface area contributed by atoms with Crippen LogP contribution in [0.3, 0.4) is 0 Å². The van der Waals surface area contributed by atoms with Crippen LogP contribution in [-0.2, 0) is 49.7 Å². The molecule has 0 saturated heterocycles. The van der Waals surface area contributed by atoms with Crippen LogP contribution in [-0.4, -0.2) is 31.1 Å². The first kappa shape index (κ1) is 42.9. The number of hydrogen-bond donors (Lipinski definition) is 0. The molecule has 0 radical (unpaired) electrons. The summed E-state index contributed by atoms with van der Waals surface area (Å²) in [6, 6.07) is 0. The molecule has 0 saturated carbocycles. The standard InChI is InChI=1S/2Al.6FH.2Na.3S.3Zn.2H/h;;6*1H;;;;;;;;;;/q2*+3;;;;;;;2*+1;;;;;;;2*-1/p-6. The number of hydrogen-bond acceptors (Lipinski definition) is 3. The Kier molecular flexibility index (Phi) is 159. The molecule has 76 valence electrons. The molecule has 0 N–H and O–H groups in total. The maximum atomic E-state index is 9.81. The Balaban J connectivity index is -0.00000000792. The molecule has 0 spiro atoms. The van der Waals surface area contributed by atoms with E-state index in [9.17, 15) is 21.1 Å². The van der Waals surface area contributed by atoms with Gasteiger partial charge in [0.1, 0.15) is 0 Å². The molecule has 0 nitrogen and oxygen atoms in total. The molecule has 0 aromatic heterocycles. The van der Waals surface area contributed by atoms with Gasteiger partial charge in [-0.1, -0.05) is 0 Å². The normalized spacial score (nSPS) is 4.50. The molecule has 0 heterocycles. The quantitative estimate of drug-likeness (QED) is 0.273. The van der Waals surface area contributed by atoms with Gasteiger partial charge in [-0.25, -0.2) is 0 Å². The molecule has 0 aliphatic heterocycles. The van der Waals surface area contributed by atoms with Crippen LogP contribution >= 0.6 is 30.3 Å². The van der Waals surface area contributed by atoms with Crippen molar-refractivity contribution in [2.45, 2.75) is 0 Å². The summed E-state index contributed by atoms with van der Waals surface area (Å²) in [4.78, 5) is 0. The molecule has 0 aliphatic carbocycles. The summed E-state index contributed by atoms with van der Waals surface area (Å²) in [7, 11) is 12.6. The van der Waals surface area contributed by atoms with E-state index in [0.29, 0.717) is 0 Å². The summed E-state index contributed by atoms with van der Waals surface area (Å²) < 4.78 is 58.8. The van der Waals surface area contributed by atoms with Crippen molar-refractivity contribution < 1.29 is 133 Å². The maximum absolute atomic E-state index is 9.81. The van der Waals surface area contributed by atoms with Crippen LogP contribution in [0.5, 0.6) is 0 Å². The summed E-state index contributed by atoms with van der Waals surface area (Å²) in [6.45, 7) is 0. The van der Waals surface area contributed by atoms with E-state index < -0.39 is 31.1 Å². The van der Waals surface area contributed by atoms with Crippen molar-refractivity contribution in [1.82, 2.24) is 0 Å². The van der Waals surface area contributed by atoms with E-state index in [0.717, 1.165) is 49.7 Å². The van der Waals surface area contributed by atoms with Gasteiger partial charge in [0, 0.05) is 0 Å². The zero-order chi connectivity index (χ0) is 13.2. The Bertz CT molecular complexity index is 80.8. The van der Waals surface area contributed by atoms with Gasteiger partial charge in [-0.15, -0.1) is 0 Å². The molecule has 0 bridgehead atoms. The van der Waals surface area contributed by atoms with E-state index in [1.165, 1.54) is 0 Å². The minimum absolute atomic E-state index is 0.